The van der Waals surface area contributed by atoms with Gasteiger partial charge in [-0.05, 0) is 18.8 Å². The molecule has 1 aliphatic heterocycles. The molecule has 0 radical (unpaired) electrons. The fourth-order valence-corrected chi connectivity index (χ4v) is 2.62. The number of carbonyl (C=O) groups excluding carboxylic acids is 1. The molecule has 0 saturated carbocycles. The van der Waals surface area contributed by atoms with Gasteiger partial charge in [-0.15, -0.1) is 24.0 Å². The Kier molecular flexibility index (Phi) is 8.28. The first-order valence-corrected chi connectivity index (χ1v) is 7.57. The Bertz CT molecular complexity index is 525. The predicted octanol–water partition coefficient (Wildman–Crippen LogP) is 0.920. The molecule has 0 atom stereocenters. The van der Waals surface area contributed by atoms with Crippen molar-refractivity contribution in [2.45, 2.75) is 32.7 Å². The summed E-state index contributed by atoms with van der Waals surface area (Å²) >= 11 is 0. The van der Waals surface area contributed by atoms with E-state index in [4.69, 9.17) is 4.52 Å². The summed E-state index contributed by atoms with van der Waals surface area (Å²) in [6.45, 7) is 4.05. The van der Waals surface area contributed by atoms with Gasteiger partial charge in [-0.3, -0.25) is 9.79 Å². The Balaban J connectivity index is 0.00000264. The number of aryl methyl sites for hydroxylation is 1. The molecule has 2 N–H and O–H groups in total. The van der Waals surface area contributed by atoms with E-state index in [0.29, 0.717) is 30.6 Å². The summed E-state index contributed by atoms with van der Waals surface area (Å²) in [7, 11) is 3.45. The van der Waals surface area contributed by atoms with E-state index in [1.54, 1.807) is 21.0 Å². The maximum Gasteiger partial charge on any atom is 0.223 e. The Morgan fingerprint density at radius 1 is 1.43 bits per heavy atom. The molecule has 0 spiro atoms. The second-order valence-electron chi connectivity index (χ2n) is 5.44. The van der Waals surface area contributed by atoms with Gasteiger partial charge in [0.1, 0.15) is 0 Å². The van der Waals surface area contributed by atoms with Crippen LogP contribution >= 0.6 is 24.0 Å². The number of likely N-dealkylation sites (tertiary alicyclic amines) is 1. The largest absolute Gasteiger partial charge is 0.359 e. The molecule has 1 aromatic heterocycles. The molecule has 1 aliphatic rings. The number of hydrogen-bond donors (Lipinski definition) is 2. The van der Waals surface area contributed by atoms with Crippen LogP contribution in [0.1, 0.15) is 31.0 Å². The number of nitrogens with zero attached hydrogens (tertiary/aromatic N) is 4. The molecule has 9 heteroatoms. The molecule has 1 aromatic rings. The standard InChI is InChI=1S/C14H24N6O2.HI/c1-10-18-12(19-22-10)9-17-14(16-3)20-6-4-11(5-7-20)8-13(21)15-2;/h11H,4-9H2,1-3H3,(H,15,21)(H,16,17);1H. The lowest BCUT2D eigenvalue weighted by molar-refractivity contribution is -0.121. The minimum Gasteiger partial charge on any atom is -0.359 e. The molecule has 2 rings (SSSR count). The van der Waals surface area contributed by atoms with Gasteiger partial charge in [-0.25, -0.2) is 0 Å². The molecule has 1 amide bonds. The number of amides is 1. The fraction of sp³-hybridized carbons (Fsp3) is 0.714. The zero-order chi connectivity index (χ0) is 15.9. The average Bonchev–Trinajstić information content (AvgIpc) is 2.95. The lowest BCUT2D eigenvalue weighted by atomic mass is 9.93. The van der Waals surface area contributed by atoms with Crippen LogP contribution in [0.15, 0.2) is 9.52 Å². The van der Waals surface area contributed by atoms with Gasteiger partial charge in [0.05, 0.1) is 6.54 Å². The van der Waals surface area contributed by atoms with Gasteiger partial charge < -0.3 is 20.1 Å². The normalized spacial score (nSPS) is 16.0. The van der Waals surface area contributed by atoms with E-state index in [2.05, 4.69) is 30.7 Å². The highest BCUT2D eigenvalue weighted by molar-refractivity contribution is 14.0. The van der Waals surface area contributed by atoms with E-state index in [-0.39, 0.29) is 29.9 Å². The molecule has 130 valence electrons. The quantitative estimate of drug-likeness (QED) is 0.414. The second kappa shape index (κ2) is 9.68. The summed E-state index contributed by atoms with van der Waals surface area (Å²) in [6, 6.07) is 0. The van der Waals surface area contributed by atoms with E-state index in [9.17, 15) is 4.79 Å². The van der Waals surface area contributed by atoms with Crippen LogP contribution in [0.3, 0.4) is 0 Å². The third kappa shape index (κ3) is 5.96. The summed E-state index contributed by atoms with van der Waals surface area (Å²) in [6.07, 6.45) is 2.60. The van der Waals surface area contributed by atoms with Gasteiger partial charge in [0.2, 0.25) is 11.8 Å². The first kappa shape index (κ1) is 19.7. The van der Waals surface area contributed by atoms with Gasteiger partial charge in [-0.2, -0.15) is 4.98 Å². The van der Waals surface area contributed by atoms with Crippen LogP contribution in [0.4, 0.5) is 0 Å². The van der Waals surface area contributed by atoms with Gasteiger partial charge in [0.15, 0.2) is 11.8 Å². The summed E-state index contributed by atoms with van der Waals surface area (Å²) in [5, 5.41) is 9.79. The van der Waals surface area contributed by atoms with Crippen molar-refractivity contribution in [2.75, 3.05) is 27.2 Å². The van der Waals surface area contributed by atoms with Gasteiger partial charge in [0.25, 0.3) is 0 Å². The van der Waals surface area contributed by atoms with Crippen molar-refractivity contribution in [1.82, 2.24) is 25.7 Å². The summed E-state index contributed by atoms with van der Waals surface area (Å²) in [4.78, 5) is 22.1. The molecule has 0 unspecified atom stereocenters. The van der Waals surface area contributed by atoms with Crippen LogP contribution in [-0.2, 0) is 11.3 Å². The van der Waals surface area contributed by atoms with Gasteiger partial charge >= 0.3 is 0 Å². The van der Waals surface area contributed by atoms with Crippen LogP contribution in [-0.4, -0.2) is 54.1 Å². The molecule has 0 bridgehead atoms. The van der Waals surface area contributed by atoms with E-state index in [0.717, 1.165) is 31.9 Å². The second-order valence-corrected chi connectivity index (χ2v) is 5.44. The van der Waals surface area contributed by atoms with Crippen molar-refractivity contribution in [3.05, 3.63) is 11.7 Å². The number of hydrogen-bond acceptors (Lipinski definition) is 5. The Morgan fingerprint density at radius 2 is 2.13 bits per heavy atom. The molecule has 2 heterocycles. The highest BCUT2D eigenvalue weighted by Gasteiger charge is 2.23. The van der Waals surface area contributed by atoms with Crippen molar-refractivity contribution < 1.29 is 9.32 Å². The zero-order valence-electron chi connectivity index (χ0n) is 13.8. The number of aliphatic imine (C=N–C) groups is 1. The molecular formula is C14H25IN6O2. The number of carbonyl (C=O) groups is 1. The molecule has 0 aromatic carbocycles. The highest BCUT2D eigenvalue weighted by Crippen LogP contribution is 2.20. The Morgan fingerprint density at radius 3 is 2.65 bits per heavy atom. The lowest BCUT2D eigenvalue weighted by Crippen LogP contribution is -2.45. The van der Waals surface area contributed by atoms with Crippen molar-refractivity contribution >= 4 is 35.8 Å². The molecular weight excluding hydrogens is 411 g/mol. The van der Waals surface area contributed by atoms with Crippen molar-refractivity contribution in [3.8, 4) is 0 Å². The molecule has 8 nitrogen and oxygen atoms in total. The lowest BCUT2D eigenvalue weighted by Gasteiger charge is -2.33. The Labute approximate surface area is 153 Å². The first-order chi connectivity index (χ1) is 10.6. The minimum absolute atomic E-state index is 0. The van der Waals surface area contributed by atoms with E-state index in [1.165, 1.54) is 0 Å². The smallest absolute Gasteiger partial charge is 0.223 e. The number of guanidine groups is 1. The van der Waals surface area contributed by atoms with E-state index >= 15 is 0 Å². The van der Waals surface area contributed by atoms with Gasteiger partial charge in [-0.1, -0.05) is 5.16 Å². The average molecular weight is 436 g/mol. The highest BCUT2D eigenvalue weighted by atomic mass is 127. The number of rotatable bonds is 4. The molecule has 1 fully saturated rings. The van der Waals surface area contributed by atoms with E-state index in [1.807, 2.05) is 0 Å². The number of aromatic nitrogens is 2. The van der Waals surface area contributed by atoms with Crippen molar-refractivity contribution in [3.63, 3.8) is 0 Å². The zero-order valence-corrected chi connectivity index (χ0v) is 16.2. The minimum atomic E-state index is 0. The Hall–Kier alpha value is -1.39. The van der Waals surface area contributed by atoms with Crippen LogP contribution in [0.25, 0.3) is 0 Å². The third-order valence-corrected chi connectivity index (χ3v) is 3.85. The maximum absolute atomic E-state index is 11.4. The molecule has 23 heavy (non-hydrogen) atoms. The van der Waals surface area contributed by atoms with Crippen LogP contribution in [0.5, 0.6) is 0 Å². The predicted molar refractivity (Wildman–Crippen MR) is 97.6 cm³/mol. The first-order valence-electron chi connectivity index (χ1n) is 7.57. The summed E-state index contributed by atoms with van der Waals surface area (Å²) in [5.41, 5.74) is 0. The fourth-order valence-electron chi connectivity index (χ4n) is 2.62. The van der Waals surface area contributed by atoms with Crippen molar-refractivity contribution in [1.29, 1.82) is 0 Å². The van der Waals surface area contributed by atoms with Gasteiger partial charge in [0, 0.05) is 40.5 Å². The SMILES string of the molecule is CN=C(NCc1noc(C)n1)N1CCC(CC(=O)NC)CC1.I. The van der Waals surface area contributed by atoms with Crippen molar-refractivity contribution in [2.24, 2.45) is 10.9 Å². The summed E-state index contributed by atoms with van der Waals surface area (Å²) < 4.78 is 4.95. The van der Waals surface area contributed by atoms with E-state index < -0.39 is 0 Å². The van der Waals surface area contributed by atoms with Crippen LogP contribution < -0.4 is 10.6 Å². The third-order valence-electron chi connectivity index (χ3n) is 3.85. The summed E-state index contributed by atoms with van der Waals surface area (Å²) in [5.74, 6) is 2.58. The van der Waals surface area contributed by atoms with Crippen LogP contribution in [0.2, 0.25) is 0 Å². The number of halogens is 1. The molecule has 0 aliphatic carbocycles. The maximum atomic E-state index is 11.4. The van der Waals surface area contributed by atoms with Crippen LogP contribution in [0, 0.1) is 12.8 Å². The number of nitrogens with one attached hydrogen (secondary N) is 2. The monoisotopic (exact) mass is 436 g/mol. The molecule has 1 saturated heterocycles. The topological polar surface area (TPSA) is 95.7 Å². The number of piperidine rings is 1.